The van der Waals surface area contributed by atoms with Gasteiger partial charge in [-0.1, -0.05) is 6.92 Å². The van der Waals surface area contributed by atoms with Crippen LogP contribution in [-0.2, 0) is 6.54 Å². The molecule has 0 unspecified atom stereocenters. The summed E-state index contributed by atoms with van der Waals surface area (Å²) in [6.07, 6.45) is 3.89. The lowest BCUT2D eigenvalue weighted by atomic mass is 10.3. The minimum atomic E-state index is 0.00178. The molecule has 1 aliphatic rings. The maximum Gasteiger partial charge on any atom is 0.268 e. The van der Waals surface area contributed by atoms with Gasteiger partial charge in [-0.05, 0) is 33.0 Å². The number of aromatic nitrogens is 2. The summed E-state index contributed by atoms with van der Waals surface area (Å²) in [6, 6.07) is 1.72. The summed E-state index contributed by atoms with van der Waals surface area (Å²) in [5.41, 5.74) is 0.954. The zero-order chi connectivity index (χ0) is 15.1. The summed E-state index contributed by atoms with van der Waals surface area (Å²) in [5, 5.41) is 7.65. The molecule has 0 bridgehead atoms. The van der Waals surface area contributed by atoms with E-state index >= 15 is 0 Å². The molecule has 1 N–H and O–H groups in total. The zero-order valence-electron chi connectivity index (χ0n) is 13.2. The van der Waals surface area contributed by atoms with E-state index in [0.29, 0.717) is 6.54 Å². The van der Waals surface area contributed by atoms with Crippen LogP contribution in [0.5, 0.6) is 0 Å². The number of nitrogens with zero attached hydrogens (tertiary/aromatic N) is 4. The first kappa shape index (κ1) is 16.0. The Bertz CT molecular complexity index is 479. The molecule has 0 radical (unpaired) electrons. The number of hydrogen-bond donors (Lipinski definition) is 1. The molecule has 118 valence electrons. The molecule has 0 saturated carbocycles. The maximum absolute atomic E-state index is 12.1. The molecule has 2 heterocycles. The average Bonchev–Trinajstić information content (AvgIpc) is 2.49. The molecule has 2 rings (SSSR count). The minimum Gasteiger partial charge on any atom is -0.368 e. The molecule has 21 heavy (non-hydrogen) atoms. The van der Waals surface area contributed by atoms with Crippen LogP contribution in [0.1, 0.15) is 19.8 Å². The summed E-state index contributed by atoms with van der Waals surface area (Å²) in [5.74, 6) is 0. The molecule has 1 aliphatic heterocycles. The van der Waals surface area contributed by atoms with Gasteiger partial charge in [-0.15, -0.1) is 0 Å². The summed E-state index contributed by atoms with van der Waals surface area (Å²) in [6.45, 7) is 8.78. The Morgan fingerprint density at radius 3 is 2.67 bits per heavy atom. The van der Waals surface area contributed by atoms with Crippen LogP contribution in [0, 0.1) is 0 Å². The Balaban J connectivity index is 1.87. The van der Waals surface area contributed by atoms with Gasteiger partial charge in [-0.25, -0.2) is 4.68 Å². The second kappa shape index (κ2) is 8.14. The predicted molar refractivity (Wildman–Crippen MR) is 86.0 cm³/mol. The largest absolute Gasteiger partial charge is 0.368 e. The van der Waals surface area contributed by atoms with Crippen molar-refractivity contribution in [2.75, 3.05) is 51.2 Å². The van der Waals surface area contributed by atoms with Crippen molar-refractivity contribution < 1.29 is 0 Å². The quantitative estimate of drug-likeness (QED) is 0.737. The van der Waals surface area contributed by atoms with Crippen LogP contribution in [0.25, 0.3) is 0 Å². The van der Waals surface area contributed by atoms with Crippen LogP contribution >= 0.6 is 0 Å². The smallest absolute Gasteiger partial charge is 0.268 e. The van der Waals surface area contributed by atoms with Crippen LogP contribution in [0.15, 0.2) is 17.1 Å². The van der Waals surface area contributed by atoms with Gasteiger partial charge in [0.25, 0.3) is 5.56 Å². The van der Waals surface area contributed by atoms with Gasteiger partial charge >= 0.3 is 0 Å². The first-order chi connectivity index (χ1) is 10.2. The van der Waals surface area contributed by atoms with Crippen molar-refractivity contribution in [2.45, 2.75) is 26.3 Å². The lowest BCUT2D eigenvalue weighted by Gasteiger charge is -2.33. The molecule has 6 nitrogen and oxygen atoms in total. The Morgan fingerprint density at radius 1 is 1.24 bits per heavy atom. The second-order valence-electron chi connectivity index (χ2n) is 5.67. The van der Waals surface area contributed by atoms with Crippen LogP contribution < -0.4 is 15.8 Å². The van der Waals surface area contributed by atoms with E-state index in [1.807, 2.05) is 6.20 Å². The fraction of sp³-hybridized carbons (Fsp3) is 0.733. The summed E-state index contributed by atoms with van der Waals surface area (Å²) in [7, 11) is 2.13. The highest BCUT2D eigenvalue weighted by Gasteiger charge is 2.15. The Kier molecular flexibility index (Phi) is 6.20. The van der Waals surface area contributed by atoms with Gasteiger partial charge in [0.05, 0.1) is 11.9 Å². The molecule has 1 fully saturated rings. The maximum atomic E-state index is 12.1. The number of anilines is 1. The highest BCUT2D eigenvalue weighted by Crippen LogP contribution is 2.11. The molecule has 1 aromatic heterocycles. The van der Waals surface area contributed by atoms with Crippen molar-refractivity contribution in [3.05, 3.63) is 22.6 Å². The van der Waals surface area contributed by atoms with E-state index in [0.717, 1.165) is 57.8 Å². The van der Waals surface area contributed by atoms with Crippen LogP contribution in [-0.4, -0.2) is 61.0 Å². The van der Waals surface area contributed by atoms with Gasteiger partial charge < -0.3 is 15.1 Å². The SMILES string of the molecule is CCCNCCCn1ncc(N2CCN(C)CC2)cc1=O. The topological polar surface area (TPSA) is 53.4 Å². The number of piperazine rings is 1. The second-order valence-corrected chi connectivity index (χ2v) is 5.67. The third-order valence-electron chi connectivity index (χ3n) is 3.87. The number of nitrogens with one attached hydrogen (secondary N) is 1. The van der Waals surface area contributed by atoms with Crippen molar-refractivity contribution in [1.29, 1.82) is 0 Å². The van der Waals surface area contributed by atoms with E-state index < -0.39 is 0 Å². The highest BCUT2D eigenvalue weighted by atomic mass is 16.1. The van der Waals surface area contributed by atoms with E-state index in [9.17, 15) is 4.79 Å². The van der Waals surface area contributed by atoms with Crippen LogP contribution in [0.3, 0.4) is 0 Å². The molecule has 1 aromatic rings. The minimum absolute atomic E-state index is 0.00178. The molecular formula is C15H27N5O. The van der Waals surface area contributed by atoms with E-state index in [1.54, 1.807) is 10.7 Å². The third kappa shape index (κ3) is 4.82. The van der Waals surface area contributed by atoms with Gasteiger partial charge in [0, 0.05) is 38.8 Å². The normalized spacial score (nSPS) is 16.4. The van der Waals surface area contributed by atoms with Gasteiger partial charge in [-0.3, -0.25) is 4.79 Å². The monoisotopic (exact) mass is 293 g/mol. The summed E-state index contributed by atoms with van der Waals surface area (Å²) < 4.78 is 1.56. The predicted octanol–water partition coefficient (Wildman–Crippen LogP) is 0.385. The summed E-state index contributed by atoms with van der Waals surface area (Å²) in [4.78, 5) is 16.6. The van der Waals surface area contributed by atoms with E-state index in [-0.39, 0.29) is 5.56 Å². The average molecular weight is 293 g/mol. The Morgan fingerprint density at radius 2 is 2.00 bits per heavy atom. The highest BCUT2D eigenvalue weighted by molar-refractivity contribution is 5.43. The molecule has 0 spiro atoms. The van der Waals surface area contributed by atoms with Crippen LogP contribution in [0.2, 0.25) is 0 Å². The molecule has 0 aliphatic carbocycles. The van der Waals surface area contributed by atoms with E-state index in [1.165, 1.54) is 0 Å². The van der Waals surface area contributed by atoms with E-state index in [2.05, 4.69) is 34.2 Å². The van der Waals surface area contributed by atoms with Crippen molar-refractivity contribution in [3.63, 3.8) is 0 Å². The molecule has 0 amide bonds. The van der Waals surface area contributed by atoms with Crippen molar-refractivity contribution >= 4 is 5.69 Å². The molecule has 1 saturated heterocycles. The van der Waals surface area contributed by atoms with Crippen molar-refractivity contribution in [1.82, 2.24) is 20.0 Å². The number of likely N-dealkylation sites (N-methyl/N-ethyl adjacent to an activating group) is 1. The number of hydrogen-bond acceptors (Lipinski definition) is 5. The fourth-order valence-corrected chi connectivity index (χ4v) is 2.49. The van der Waals surface area contributed by atoms with Crippen molar-refractivity contribution in [2.24, 2.45) is 0 Å². The standard InChI is InChI=1S/C15H27N5O/c1-3-5-16-6-4-7-20-15(21)12-14(13-17-20)19-10-8-18(2)9-11-19/h12-13,16H,3-11H2,1-2H3. The molecule has 0 aromatic carbocycles. The van der Waals surface area contributed by atoms with Crippen LogP contribution in [0.4, 0.5) is 5.69 Å². The number of aryl methyl sites for hydroxylation is 1. The van der Waals surface area contributed by atoms with E-state index in [4.69, 9.17) is 0 Å². The van der Waals surface area contributed by atoms with Gasteiger partial charge in [-0.2, -0.15) is 5.10 Å². The zero-order valence-corrected chi connectivity index (χ0v) is 13.2. The van der Waals surface area contributed by atoms with Gasteiger partial charge in [0.15, 0.2) is 0 Å². The van der Waals surface area contributed by atoms with Gasteiger partial charge in [0.2, 0.25) is 0 Å². The molecular weight excluding hydrogens is 266 g/mol. The summed E-state index contributed by atoms with van der Waals surface area (Å²) >= 11 is 0. The lowest BCUT2D eigenvalue weighted by molar-refractivity contribution is 0.312. The number of rotatable bonds is 7. The fourth-order valence-electron chi connectivity index (χ4n) is 2.49. The third-order valence-corrected chi connectivity index (χ3v) is 3.87. The van der Waals surface area contributed by atoms with Gasteiger partial charge in [0.1, 0.15) is 0 Å². The molecule has 6 heteroatoms. The molecule has 0 atom stereocenters. The first-order valence-corrected chi connectivity index (χ1v) is 7.92. The van der Waals surface area contributed by atoms with Crippen molar-refractivity contribution in [3.8, 4) is 0 Å². The first-order valence-electron chi connectivity index (χ1n) is 7.92. The lowest BCUT2D eigenvalue weighted by Crippen LogP contribution is -2.45. The Labute approximate surface area is 126 Å². The Hall–Kier alpha value is -1.40.